The molecule has 136 valence electrons. The van der Waals surface area contributed by atoms with Crippen molar-refractivity contribution in [1.82, 2.24) is 10.3 Å². The predicted molar refractivity (Wildman–Crippen MR) is 107 cm³/mol. The number of nitrogens with zero attached hydrogens (tertiary/aromatic N) is 1. The number of rotatable bonds is 4. The Hall–Kier alpha value is -3.67. The van der Waals surface area contributed by atoms with E-state index >= 15 is 0 Å². The Morgan fingerprint density at radius 3 is 2.22 bits per heavy atom. The predicted octanol–water partition coefficient (Wildman–Crippen LogP) is 4.06. The van der Waals surface area contributed by atoms with Crippen molar-refractivity contribution in [2.24, 2.45) is 0 Å². The van der Waals surface area contributed by atoms with E-state index in [0.717, 1.165) is 11.3 Å². The average Bonchev–Trinajstić information content (AvgIpc) is 2.68. The molecule has 3 amide bonds. The van der Waals surface area contributed by atoms with Gasteiger partial charge in [-0.2, -0.15) is 0 Å². The van der Waals surface area contributed by atoms with Gasteiger partial charge < -0.3 is 16.0 Å². The number of hydrogen-bond acceptors (Lipinski definition) is 3. The molecule has 0 atom stereocenters. The van der Waals surface area contributed by atoms with Gasteiger partial charge in [0, 0.05) is 24.0 Å². The Kier molecular flexibility index (Phi) is 5.47. The standard InChI is InChI=1S/C21H20N4O2/c1-14-18(11-12-19(23-14)15-7-4-3-5-8-15)20(26)24-16-9-6-10-17(13-16)25-21(27)22-2/h3-13H,1-2H3,(H,24,26)(H2,22,25,27). The zero-order chi connectivity index (χ0) is 19.2. The van der Waals surface area contributed by atoms with E-state index in [0.29, 0.717) is 22.6 Å². The van der Waals surface area contributed by atoms with Crippen molar-refractivity contribution in [3.8, 4) is 11.3 Å². The molecule has 1 aromatic heterocycles. The van der Waals surface area contributed by atoms with Crippen LogP contribution in [0.5, 0.6) is 0 Å². The topological polar surface area (TPSA) is 83.1 Å². The molecule has 0 aliphatic carbocycles. The molecular formula is C21H20N4O2. The fourth-order valence-corrected chi connectivity index (χ4v) is 2.64. The first-order valence-corrected chi connectivity index (χ1v) is 8.50. The normalized spacial score (nSPS) is 10.1. The van der Waals surface area contributed by atoms with Gasteiger partial charge in [0.15, 0.2) is 0 Å². The number of carbonyl (C=O) groups is 2. The van der Waals surface area contributed by atoms with Crippen molar-refractivity contribution in [1.29, 1.82) is 0 Å². The number of aromatic nitrogens is 1. The van der Waals surface area contributed by atoms with Gasteiger partial charge >= 0.3 is 6.03 Å². The van der Waals surface area contributed by atoms with Crippen LogP contribution in [0.1, 0.15) is 16.1 Å². The van der Waals surface area contributed by atoms with Crippen LogP contribution >= 0.6 is 0 Å². The number of benzene rings is 2. The Bertz CT molecular complexity index is 971. The fourth-order valence-electron chi connectivity index (χ4n) is 2.64. The molecule has 3 rings (SSSR count). The zero-order valence-corrected chi connectivity index (χ0v) is 15.1. The van der Waals surface area contributed by atoms with Gasteiger partial charge in [-0.1, -0.05) is 36.4 Å². The second-order valence-corrected chi connectivity index (χ2v) is 5.93. The summed E-state index contributed by atoms with van der Waals surface area (Å²) in [5, 5.41) is 7.99. The quantitative estimate of drug-likeness (QED) is 0.656. The first kappa shape index (κ1) is 18.1. The van der Waals surface area contributed by atoms with Gasteiger partial charge in [-0.25, -0.2) is 4.79 Å². The Morgan fingerprint density at radius 1 is 0.852 bits per heavy atom. The molecule has 0 aliphatic rings. The van der Waals surface area contributed by atoms with E-state index in [9.17, 15) is 9.59 Å². The molecular weight excluding hydrogens is 340 g/mol. The molecule has 0 unspecified atom stereocenters. The average molecular weight is 360 g/mol. The van der Waals surface area contributed by atoms with Crippen LogP contribution in [0.25, 0.3) is 11.3 Å². The zero-order valence-electron chi connectivity index (χ0n) is 15.1. The molecule has 3 aromatic rings. The lowest BCUT2D eigenvalue weighted by atomic mass is 10.1. The van der Waals surface area contributed by atoms with E-state index in [-0.39, 0.29) is 11.9 Å². The number of pyridine rings is 1. The molecule has 1 heterocycles. The molecule has 6 heteroatoms. The minimum Gasteiger partial charge on any atom is -0.341 e. The van der Waals surface area contributed by atoms with E-state index < -0.39 is 0 Å². The van der Waals surface area contributed by atoms with Crippen molar-refractivity contribution in [3.05, 3.63) is 78.0 Å². The molecule has 27 heavy (non-hydrogen) atoms. The highest BCUT2D eigenvalue weighted by atomic mass is 16.2. The van der Waals surface area contributed by atoms with Gasteiger partial charge in [-0.05, 0) is 37.3 Å². The van der Waals surface area contributed by atoms with Crippen LogP contribution in [0.2, 0.25) is 0 Å². The Labute approximate surface area is 157 Å². The summed E-state index contributed by atoms with van der Waals surface area (Å²) in [7, 11) is 1.54. The maximum atomic E-state index is 12.6. The minimum absolute atomic E-state index is 0.253. The molecule has 3 N–H and O–H groups in total. The van der Waals surface area contributed by atoms with E-state index in [1.807, 2.05) is 43.3 Å². The summed E-state index contributed by atoms with van der Waals surface area (Å²) >= 11 is 0. The molecule has 0 fully saturated rings. The molecule has 0 radical (unpaired) electrons. The van der Waals surface area contributed by atoms with Crippen molar-refractivity contribution in [3.63, 3.8) is 0 Å². The lowest BCUT2D eigenvalue weighted by Crippen LogP contribution is -2.24. The van der Waals surface area contributed by atoms with E-state index in [2.05, 4.69) is 20.9 Å². The monoisotopic (exact) mass is 360 g/mol. The molecule has 0 bridgehead atoms. The second kappa shape index (κ2) is 8.14. The Morgan fingerprint density at radius 2 is 1.56 bits per heavy atom. The van der Waals surface area contributed by atoms with Crippen LogP contribution in [-0.4, -0.2) is 24.0 Å². The smallest absolute Gasteiger partial charge is 0.318 e. The third kappa shape index (κ3) is 4.49. The van der Waals surface area contributed by atoms with Crippen LogP contribution in [0.15, 0.2) is 66.7 Å². The number of amides is 3. The van der Waals surface area contributed by atoms with Crippen LogP contribution in [0.3, 0.4) is 0 Å². The fraction of sp³-hybridized carbons (Fsp3) is 0.0952. The number of urea groups is 1. The largest absolute Gasteiger partial charge is 0.341 e. The molecule has 6 nitrogen and oxygen atoms in total. The molecule has 0 saturated carbocycles. The third-order valence-corrected chi connectivity index (χ3v) is 4.01. The molecule has 0 spiro atoms. The second-order valence-electron chi connectivity index (χ2n) is 5.93. The lowest BCUT2D eigenvalue weighted by Gasteiger charge is -2.10. The molecule has 0 saturated heterocycles. The van der Waals surface area contributed by atoms with Crippen LogP contribution in [0, 0.1) is 6.92 Å². The highest BCUT2D eigenvalue weighted by Crippen LogP contribution is 2.20. The van der Waals surface area contributed by atoms with E-state index in [1.165, 1.54) is 7.05 Å². The number of carbonyl (C=O) groups excluding carboxylic acids is 2. The van der Waals surface area contributed by atoms with Gasteiger partial charge in [-0.15, -0.1) is 0 Å². The highest BCUT2D eigenvalue weighted by molar-refractivity contribution is 6.05. The van der Waals surface area contributed by atoms with Crippen LogP contribution < -0.4 is 16.0 Å². The first-order chi connectivity index (χ1) is 13.1. The summed E-state index contributed by atoms with van der Waals surface area (Å²) < 4.78 is 0. The van der Waals surface area contributed by atoms with Crippen LogP contribution in [0.4, 0.5) is 16.2 Å². The van der Waals surface area contributed by atoms with Gasteiger partial charge in [0.2, 0.25) is 0 Å². The van der Waals surface area contributed by atoms with E-state index in [4.69, 9.17) is 0 Å². The summed E-state index contributed by atoms with van der Waals surface area (Å²) in [6, 6.07) is 20.0. The summed E-state index contributed by atoms with van der Waals surface area (Å²) in [6.45, 7) is 1.81. The number of anilines is 2. The highest BCUT2D eigenvalue weighted by Gasteiger charge is 2.12. The van der Waals surface area contributed by atoms with Gasteiger partial charge in [0.05, 0.1) is 17.0 Å². The minimum atomic E-state index is -0.324. The van der Waals surface area contributed by atoms with E-state index in [1.54, 1.807) is 30.3 Å². The first-order valence-electron chi connectivity index (χ1n) is 8.50. The number of aryl methyl sites for hydroxylation is 1. The SMILES string of the molecule is CNC(=O)Nc1cccc(NC(=O)c2ccc(-c3ccccc3)nc2C)c1. The molecule has 2 aromatic carbocycles. The van der Waals surface area contributed by atoms with Gasteiger partial charge in [-0.3, -0.25) is 9.78 Å². The molecule has 0 aliphatic heterocycles. The third-order valence-electron chi connectivity index (χ3n) is 4.01. The van der Waals surface area contributed by atoms with Crippen molar-refractivity contribution in [2.75, 3.05) is 17.7 Å². The summed E-state index contributed by atoms with van der Waals surface area (Å²) in [4.78, 5) is 28.6. The van der Waals surface area contributed by atoms with Crippen molar-refractivity contribution >= 4 is 23.3 Å². The van der Waals surface area contributed by atoms with Crippen LogP contribution in [-0.2, 0) is 0 Å². The lowest BCUT2D eigenvalue weighted by molar-refractivity contribution is 0.102. The van der Waals surface area contributed by atoms with Gasteiger partial charge in [0.25, 0.3) is 5.91 Å². The summed E-state index contributed by atoms with van der Waals surface area (Å²) in [5.41, 5.74) is 4.14. The number of hydrogen-bond donors (Lipinski definition) is 3. The number of nitrogens with one attached hydrogen (secondary N) is 3. The van der Waals surface area contributed by atoms with Gasteiger partial charge in [0.1, 0.15) is 0 Å². The summed E-state index contributed by atoms with van der Waals surface area (Å²) in [5.74, 6) is -0.253. The van der Waals surface area contributed by atoms with Crippen molar-refractivity contribution < 1.29 is 9.59 Å². The van der Waals surface area contributed by atoms with Crippen molar-refractivity contribution in [2.45, 2.75) is 6.92 Å². The maximum Gasteiger partial charge on any atom is 0.318 e. The Balaban J connectivity index is 1.77. The maximum absolute atomic E-state index is 12.6. The summed E-state index contributed by atoms with van der Waals surface area (Å²) in [6.07, 6.45) is 0.